The van der Waals surface area contributed by atoms with Crippen LogP contribution in [0.25, 0.3) is 0 Å². The van der Waals surface area contributed by atoms with Crippen LogP contribution in [-0.2, 0) is 11.3 Å². The van der Waals surface area contributed by atoms with Crippen LogP contribution in [0, 0.1) is 0 Å². The van der Waals surface area contributed by atoms with Crippen LogP contribution in [0.5, 0.6) is 0 Å². The number of tetrazole rings is 1. The number of hydrogen-bond donors (Lipinski definition) is 3. The van der Waals surface area contributed by atoms with Gasteiger partial charge in [0.05, 0.1) is 12.6 Å². The minimum absolute atomic E-state index is 0.00463. The van der Waals surface area contributed by atoms with Gasteiger partial charge in [0.1, 0.15) is 0 Å². The molecule has 2 aliphatic heterocycles. The molecule has 0 aromatic carbocycles. The predicted octanol–water partition coefficient (Wildman–Crippen LogP) is -0.968. The van der Waals surface area contributed by atoms with Crippen molar-refractivity contribution in [2.45, 2.75) is 44.3 Å². The Morgan fingerprint density at radius 2 is 2.20 bits per heavy atom. The maximum Gasteiger partial charge on any atom is 0.237 e. The van der Waals surface area contributed by atoms with Crippen molar-refractivity contribution < 1.29 is 4.79 Å². The quantitative estimate of drug-likeness (QED) is 0.656. The lowest BCUT2D eigenvalue weighted by Crippen LogP contribution is -2.50. The molecule has 8 nitrogen and oxygen atoms in total. The normalized spacial score (nSPS) is 24.9. The van der Waals surface area contributed by atoms with E-state index >= 15 is 0 Å². The Morgan fingerprint density at radius 3 is 2.95 bits per heavy atom. The van der Waals surface area contributed by atoms with Crippen LogP contribution >= 0.6 is 0 Å². The molecular weight excluding hydrogens is 258 g/mol. The number of H-pyrrole nitrogens is 1. The van der Waals surface area contributed by atoms with E-state index in [0.29, 0.717) is 18.4 Å². The SMILES string of the molecule is O=C(NCc1nn[nH]n1)C1CCCN1C1CCNCC1. The minimum Gasteiger partial charge on any atom is -0.347 e. The Labute approximate surface area is 117 Å². The molecule has 1 aromatic rings. The van der Waals surface area contributed by atoms with Crippen molar-refractivity contribution in [1.29, 1.82) is 0 Å². The number of likely N-dealkylation sites (tertiary alicyclic amines) is 1. The molecule has 0 spiro atoms. The molecule has 1 aromatic heterocycles. The number of piperidine rings is 1. The van der Waals surface area contributed by atoms with Gasteiger partial charge in [0, 0.05) is 6.04 Å². The highest BCUT2D eigenvalue weighted by atomic mass is 16.2. The van der Waals surface area contributed by atoms with Crippen molar-refractivity contribution in [2.24, 2.45) is 0 Å². The first-order valence-corrected chi connectivity index (χ1v) is 7.31. The van der Waals surface area contributed by atoms with Gasteiger partial charge in [0.2, 0.25) is 5.91 Å². The molecule has 3 N–H and O–H groups in total. The summed E-state index contributed by atoms with van der Waals surface area (Å²) in [7, 11) is 0. The maximum atomic E-state index is 12.3. The summed E-state index contributed by atoms with van der Waals surface area (Å²) in [6, 6.07) is 0.546. The van der Waals surface area contributed by atoms with E-state index in [1.807, 2.05) is 0 Å². The average Bonchev–Trinajstić information content (AvgIpc) is 3.17. The lowest BCUT2D eigenvalue weighted by Gasteiger charge is -2.35. The Hall–Kier alpha value is -1.54. The van der Waals surface area contributed by atoms with Crippen molar-refractivity contribution >= 4 is 5.91 Å². The van der Waals surface area contributed by atoms with Crippen molar-refractivity contribution in [1.82, 2.24) is 36.2 Å². The third kappa shape index (κ3) is 2.96. The molecule has 2 fully saturated rings. The van der Waals surface area contributed by atoms with E-state index in [9.17, 15) is 4.79 Å². The molecular formula is C12H21N7O. The fraction of sp³-hybridized carbons (Fsp3) is 0.833. The predicted molar refractivity (Wildman–Crippen MR) is 71.6 cm³/mol. The van der Waals surface area contributed by atoms with Crippen molar-refractivity contribution in [3.05, 3.63) is 5.82 Å². The molecule has 0 aliphatic carbocycles. The summed E-state index contributed by atoms with van der Waals surface area (Å²) in [5, 5.41) is 19.8. The summed E-state index contributed by atoms with van der Waals surface area (Å²) in [4.78, 5) is 14.7. The van der Waals surface area contributed by atoms with Gasteiger partial charge in [-0.3, -0.25) is 9.69 Å². The molecule has 20 heavy (non-hydrogen) atoms. The van der Waals surface area contributed by atoms with Crippen LogP contribution in [0.4, 0.5) is 0 Å². The maximum absolute atomic E-state index is 12.3. The number of amides is 1. The van der Waals surface area contributed by atoms with E-state index in [2.05, 4.69) is 36.2 Å². The topological polar surface area (TPSA) is 98.8 Å². The van der Waals surface area contributed by atoms with Gasteiger partial charge in [-0.25, -0.2) is 0 Å². The van der Waals surface area contributed by atoms with Crippen LogP contribution in [0.3, 0.4) is 0 Å². The van der Waals surface area contributed by atoms with E-state index in [4.69, 9.17) is 0 Å². The highest BCUT2D eigenvalue weighted by molar-refractivity contribution is 5.82. The summed E-state index contributed by atoms with van der Waals surface area (Å²) in [5.74, 6) is 0.607. The molecule has 0 bridgehead atoms. The second-order valence-corrected chi connectivity index (χ2v) is 5.42. The third-order valence-corrected chi connectivity index (χ3v) is 4.18. The monoisotopic (exact) mass is 279 g/mol. The van der Waals surface area contributed by atoms with Crippen LogP contribution in [0.2, 0.25) is 0 Å². The summed E-state index contributed by atoms with van der Waals surface area (Å²) in [5.41, 5.74) is 0. The largest absolute Gasteiger partial charge is 0.347 e. The van der Waals surface area contributed by atoms with Crippen molar-refractivity contribution in [3.8, 4) is 0 Å². The van der Waals surface area contributed by atoms with Gasteiger partial charge in [-0.2, -0.15) is 5.21 Å². The zero-order valence-corrected chi connectivity index (χ0v) is 11.5. The molecule has 110 valence electrons. The second-order valence-electron chi connectivity index (χ2n) is 5.42. The lowest BCUT2D eigenvalue weighted by molar-refractivity contribution is -0.126. The van der Waals surface area contributed by atoms with Gasteiger partial charge >= 0.3 is 0 Å². The van der Waals surface area contributed by atoms with Gasteiger partial charge < -0.3 is 10.6 Å². The number of aromatic nitrogens is 4. The molecule has 2 saturated heterocycles. The van der Waals surface area contributed by atoms with Crippen LogP contribution in [-0.4, -0.2) is 63.1 Å². The van der Waals surface area contributed by atoms with Gasteiger partial charge in [0.15, 0.2) is 5.82 Å². The van der Waals surface area contributed by atoms with Gasteiger partial charge in [-0.1, -0.05) is 5.21 Å². The number of hydrogen-bond acceptors (Lipinski definition) is 6. The highest BCUT2D eigenvalue weighted by Gasteiger charge is 2.35. The summed E-state index contributed by atoms with van der Waals surface area (Å²) in [6.45, 7) is 3.48. The zero-order valence-electron chi connectivity index (χ0n) is 11.5. The number of rotatable bonds is 4. The van der Waals surface area contributed by atoms with E-state index in [0.717, 1.165) is 45.3 Å². The zero-order chi connectivity index (χ0) is 13.8. The fourth-order valence-electron chi connectivity index (χ4n) is 3.19. The second kappa shape index (κ2) is 6.27. The fourth-order valence-corrected chi connectivity index (χ4v) is 3.19. The third-order valence-electron chi connectivity index (χ3n) is 4.18. The number of carbonyl (C=O) groups is 1. The Balaban J connectivity index is 1.55. The summed E-state index contributed by atoms with van der Waals surface area (Å²) < 4.78 is 0. The van der Waals surface area contributed by atoms with E-state index in [1.54, 1.807) is 0 Å². The standard InChI is InChI=1S/C12H21N7O/c20-12(14-8-11-15-17-18-16-11)10-2-1-7-19(10)9-3-5-13-6-4-9/h9-10,13H,1-8H2,(H,14,20)(H,15,16,17,18). The number of nitrogens with one attached hydrogen (secondary N) is 3. The van der Waals surface area contributed by atoms with Gasteiger partial charge in [-0.05, 0) is 45.3 Å². The van der Waals surface area contributed by atoms with Crippen molar-refractivity contribution in [3.63, 3.8) is 0 Å². The first-order valence-electron chi connectivity index (χ1n) is 7.31. The first-order chi connectivity index (χ1) is 9.84. The first kappa shape index (κ1) is 13.4. The Bertz CT molecular complexity index is 429. The van der Waals surface area contributed by atoms with Crippen LogP contribution in [0.15, 0.2) is 0 Å². The van der Waals surface area contributed by atoms with E-state index in [-0.39, 0.29) is 11.9 Å². The molecule has 3 rings (SSSR count). The Morgan fingerprint density at radius 1 is 1.35 bits per heavy atom. The van der Waals surface area contributed by atoms with Gasteiger partial charge in [0.25, 0.3) is 0 Å². The van der Waals surface area contributed by atoms with Crippen LogP contribution in [0.1, 0.15) is 31.5 Å². The van der Waals surface area contributed by atoms with E-state index < -0.39 is 0 Å². The molecule has 1 unspecified atom stereocenters. The summed E-state index contributed by atoms with van der Waals surface area (Å²) in [6.07, 6.45) is 4.31. The Kier molecular flexibility index (Phi) is 4.22. The molecule has 8 heteroatoms. The van der Waals surface area contributed by atoms with Crippen molar-refractivity contribution in [2.75, 3.05) is 19.6 Å². The van der Waals surface area contributed by atoms with Gasteiger partial charge in [-0.15, -0.1) is 10.2 Å². The number of carbonyl (C=O) groups excluding carboxylic acids is 1. The summed E-state index contributed by atoms with van der Waals surface area (Å²) >= 11 is 0. The minimum atomic E-state index is 0.00463. The lowest BCUT2D eigenvalue weighted by atomic mass is 10.0. The molecule has 1 amide bonds. The number of nitrogens with zero attached hydrogens (tertiary/aromatic N) is 4. The molecule has 0 saturated carbocycles. The molecule has 0 radical (unpaired) electrons. The van der Waals surface area contributed by atoms with E-state index in [1.165, 1.54) is 0 Å². The smallest absolute Gasteiger partial charge is 0.237 e. The highest BCUT2D eigenvalue weighted by Crippen LogP contribution is 2.24. The number of aromatic amines is 1. The molecule has 3 heterocycles. The van der Waals surface area contributed by atoms with Crippen LogP contribution < -0.4 is 10.6 Å². The molecule has 2 aliphatic rings. The molecule has 1 atom stereocenters. The average molecular weight is 279 g/mol.